The van der Waals surface area contributed by atoms with Crippen LogP contribution in [0.1, 0.15) is 41.6 Å². The van der Waals surface area contributed by atoms with E-state index in [1.54, 1.807) is 11.3 Å². The number of nitrogens with two attached hydrogens (primary N) is 1. The Morgan fingerprint density at radius 3 is 2.85 bits per heavy atom. The predicted molar refractivity (Wildman–Crippen MR) is 78.9 cm³/mol. The summed E-state index contributed by atoms with van der Waals surface area (Å²) in [6.07, 6.45) is 4.46. The van der Waals surface area contributed by atoms with E-state index in [4.69, 9.17) is 5.73 Å². The van der Waals surface area contributed by atoms with E-state index in [0.29, 0.717) is 5.92 Å². The first kappa shape index (κ1) is 11.8. The van der Waals surface area contributed by atoms with Crippen LogP contribution in [-0.2, 0) is 6.42 Å². The molecule has 2 N–H and O–H groups in total. The van der Waals surface area contributed by atoms with Crippen LogP contribution >= 0.6 is 11.3 Å². The maximum Gasteiger partial charge on any atom is 0.234 e. The van der Waals surface area contributed by atoms with Crippen molar-refractivity contribution in [2.45, 2.75) is 31.6 Å². The van der Waals surface area contributed by atoms with Crippen molar-refractivity contribution in [2.24, 2.45) is 0 Å². The SMILES string of the molecule is Nc1ccccc1Cc1nn2c(C3CCC3)nnc2s1. The minimum Gasteiger partial charge on any atom is -0.398 e. The fourth-order valence-corrected chi connectivity index (χ4v) is 3.39. The number of nitrogen functional groups attached to an aromatic ring is 1. The molecule has 6 heteroatoms. The molecule has 1 aliphatic carbocycles. The highest BCUT2D eigenvalue weighted by Crippen LogP contribution is 2.35. The zero-order valence-electron chi connectivity index (χ0n) is 11.0. The lowest BCUT2D eigenvalue weighted by Gasteiger charge is -2.22. The third-order valence-corrected chi connectivity index (χ3v) is 4.82. The number of fused-ring (bicyclic) bond motifs is 1. The van der Waals surface area contributed by atoms with Crippen molar-refractivity contribution in [3.8, 4) is 0 Å². The maximum atomic E-state index is 5.99. The van der Waals surface area contributed by atoms with E-state index >= 15 is 0 Å². The van der Waals surface area contributed by atoms with E-state index in [9.17, 15) is 0 Å². The van der Waals surface area contributed by atoms with Gasteiger partial charge in [0.25, 0.3) is 0 Å². The zero-order chi connectivity index (χ0) is 13.5. The lowest BCUT2D eigenvalue weighted by Crippen LogP contribution is -2.13. The standard InChI is InChI=1S/C14H15N5S/c15-11-7-2-1-4-10(11)8-12-18-19-13(9-5-3-6-9)16-17-14(19)20-12/h1-2,4,7,9H,3,5-6,8,15H2. The molecule has 1 saturated carbocycles. The first-order valence-corrected chi connectivity index (χ1v) is 7.67. The van der Waals surface area contributed by atoms with Crippen molar-refractivity contribution < 1.29 is 0 Å². The molecule has 0 bridgehead atoms. The fraction of sp³-hybridized carbons (Fsp3) is 0.357. The summed E-state index contributed by atoms with van der Waals surface area (Å²) in [6, 6.07) is 7.93. The molecule has 0 atom stereocenters. The molecule has 0 aliphatic heterocycles. The zero-order valence-corrected chi connectivity index (χ0v) is 11.8. The molecular weight excluding hydrogens is 270 g/mol. The highest BCUT2D eigenvalue weighted by molar-refractivity contribution is 7.16. The second-order valence-corrected chi connectivity index (χ2v) is 6.29. The number of para-hydroxylation sites is 1. The smallest absolute Gasteiger partial charge is 0.234 e. The molecule has 2 aromatic heterocycles. The molecule has 4 rings (SSSR count). The minimum absolute atomic E-state index is 0.543. The molecule has 0 unspecified atom stereocenters. The molecule has 0 spiro atoms. The van der Waals surface area contributed by atoms with Gasteiger partial charge >= 0.3 is 0 Å². The van der Waals surface area contributed by atoms with E-state index in [1.807, 2.05) is 28.8 Å². The van der Waals surface area contributed by atoms with Gasteiger partial charge in [-0.2, -0.15) is 9.61 Å². The van der Waals surface area contributed by atoms with Crippen molar-refractivity contribution in [3.63, 3.8) is 0 Å². The highest BCUT2D eigenvalue weighted by Gasteiger charge is 2.26. The van der Waals surface area contributed by atoms with Crippen LogP contribution in [0, 0.1) is 0 Å². The molecular formula is C14H15N5S. The number of anilines is 1. The summed E-state index contributed by atoms with van der Waals surface area (Å²) < 4.78 is 1.92. The van der Waals surface area contributed by atoms with Crippen molar-refractivity contribution in [3.05, 3.63) is 40.7 Å². The number of nitrogens with zero attached hydrogens (tertiary/aromatic N) is 4. The van der Waals surface area contributed by atoms with Crippen LogP contribution in [0.25, 0.3) is 4.96 Å². The molecule has 1 fully saturated rings. The quantitative estimate of drug-likeness (QED) is 0.751. The van der Waals surface area contributed by atoms with E-state index < -0.39 is 0 Å². The van der Waals surface area contributed by atoms with Crippen LogP contribution < -0.4 is 5.73 Å². The van der Waals surface area contributed by atoms with E-state index in [1.165, 1.54) is 19.3 Å². The Morgan fingerprint density at radius 2 is 2.10 bits per heavy atom. The Labute approximate surface area is 120 Å². The highest BCUT2D eigenvalue weighted by atomic mass is 32.1. The number of aromatic nitrogens is 4. The first-order chi connectivity index (χ1) is 9.81. The molecule has 5 nitrogen and oxygen atoms in total. The monoisotopic (exact) mass is 285 g/mol. The van der Waals surface area contributed by atoms with E-state index in [0.717, 1.165) is 33.5 Å². The van der Waals surface area contributed by atoms with E-state index in [2.05, 4.69) is 15.3 Å². The Morgan fingerprint density at radius 1 is 1.25 bits per heavy atom. The molecule has 1 aromatic carbocycles. The molecule has 102 valence electrons. The number of rotatable bonds is 3. The van der Waals surface area contributed by atoms with Crippen LogP contribution in [0.3, 0.4) is 0 Å². The predicted octanol–water partition coefficient (Wildman–Crippen LogP) is 2.63. The summed E-state index contributed by atoms with van der Waals surface area (Å²) in [6.45, 7) is 0. The van der Waals surface area contributed by atoms with Gasteiger partial charge in [0.2, 0.25) is 4.96 Å². The van der Waals surface area contributed by atoms with E-state index in [-0.39, 0.29) is 0 Å². The van der Waals surface area contributed by atoms with Crippen LogP contribution in [0.4, 0.5) is 5.69 Å². The molecule has 20 heavy (non-hydrogen) atoms. The summed E-state index contributed by atoms with van der Waals surface area (Å²) in [5.74, 6) is 1.57. The summed E-state index contributed by atoms with van der Waals surface area (Å²) in [4.78, 5) is 0.886. The number of hydrogen-bond acceptors (Lipinski definition) is 5. The van der Waals surface area contributed by atoms with Crippen LogP contribution in [0.2, 0.25) is 0 Å². The molecule has 0 saturated heterocycles. The summed E-state index contributed by atoms with van der Waals surface area (Å²) in [5, 5.41) is 14.2. The maximum absolute atomic E-state index is 5.99. The summed E-state index contributed by atoms with van der Waals surface area (Å²) >= 11 is 1.60. The second kappa shape index (κ2) is 4.56. The number of benzene rings is 1. The van der Waals surface area contributed by atoms with Gasteiger partial charge in [0.15, 0.2) is 5.82 Å². The lowest BCUT2D eigenvalue weighted by molar-refractivity contribution is 0.395. The van der Waals surface area contributed by atoms with Crippen molar-refractivity contribution in [1.82, 2.24) is 19.8 Å². The van der Waals surface area contributed by atoms with Gasteiger partial charge in [0.05, 0.1) is 0 Å². The molecule has 2 heterocycles. The van der Waals surface area contributed by atoms with Gasteiger partial charge in [-0.1, -0.05) is 36.0 Å². The Kier molecular flexibility index (Phi) is 2.70. The van der Waals surface area contributed by atoms with Gasteiger partial charge in [-0.25, -0.2) is 0 Å². The van der Waals surface area contributed by atoms with Gasteiger partial charge in [0.1, 0.15) is 5.01 Å². The Bertz CT molecular complexity index is 756. The average Bonchev–Trinajstić information content (AvgIpc) is 2.92. The van der Waals surface area contributed by atoms with Crippen molar-refractivity contribution in [2.75, 3.05) is 5.73 Å². The first-order valence-electron chi connectivity index (χ1n) is 6.85. The molecule has 3 aromatic rings. The lowest BCUT2D eigenvalue weighted by atomic mass is 9.85. The normalized spacial score (nSPS) is 15.6. The van der Waals surface area contributed by atoms with Crippen molar-refractivity contribution >= 4 is 22.0 Å². The summed E-state index contributed by atoms with van der Waals surface area (Å²) in [7, 11) is 0. The van der Waals surface area contributed by atoms with Crippen LogP contribution in [0.15, 0.2) is 24.3 Å². The fourth-order valence-electron chi connectivity index (χ4n) is 2.52. The summed E-state index contributed by atoms with van der Waals surface area (Å²) in [5.41, 5.74) is 7.92. The third-order valence-electron chi connectivity index (χ3n) is 3.92. The Balaban J connectivity index is 1.67. The van der Waals surface area contributed by atoms with Crippen LogP contribution in [0.5, 0.6) is 0 Å². The minimum atomic E-state index is 0.543. The molecule has 1 aliphatic rings. The number of hydrogen-bond donors (Lipinski definition) is 1. The topological polar surface area (TPSA) is 69.1 Å². The average molecular weight is 285 g/mol. The van der Waals surface area contributed by atoms with Gasteiger partial charge in [-0.3, -0.25) is 0 Å². The third kappa shape index (κ3) is 1.87. The molecule has 0 amide bonds. The van der Waals surface area contributed by atoms with Gasteiger partial charge in [-0.05, 0) is 24.5 Å². The largest absolute Gasteiger partial charge is 0.398 e. The van der Waals surface area contributed by atoms with Crippen molar-refractivity contribution in [1.29, 1.82) is 0 Å². The Hall–Kier alpha value is -1.95. The van der Waals surface area contributed by atoms with Gasteiger partial charge in [-0.15, -0.1) is 10.2 Å². The van der Waals surface area contributed by atoms with Gasteiger partial charge in [0, 0.05) is 18.0 Å². The van der Waals surface area contributed by atoms with Crippen LogP contribution in [-0.4, -0.2) is 19.8 Å². The second-order valence-electron chi connectivity index (χ2n) is 5.25. The molecule has 0 radical (unpaired) electrons. The van der Waals surface area contributed by atoms with Gasteiger partial charge < -0.3 is 5.73 Å².